The highest BCUT2D eigenvalue weighted by Gasteiger charge is 2.18. The minimum Gasteiger partial charge on any atom is -0.371 e. The molecule has 0 aromatic carbocycles. The van der Waals surface area contributed by atoms with E-state index in [-0.39, 0.29) is 0 Å². The Morgan fingerprint density at radius 3 is 2.90 bits per heavy atom. The molecule has 1 rings (SSSR count). The van der Waals surface area contributed by atoms with Crippen molar-refractivity contribution in [2.45, 2.75) is 33.2 Å². The smallest absolute Gasteiger partial charge is 0.0933 e. The van der Waals surface area contributed by atoms with Crippen molar-refractivity contribution in [2.75, 3.05) is 6.54 Å². The average Bonchev–Trinajstić information content (AvgIpc) is 1.88. The van der Waals surface area contributed by atoms with Crippen LogP contribution < -0.4 is 5.32 Å². The van der Waals surface area contributed by atoms with Gasteiger partial charge in [-0.2, -0.15) is 0 Å². The minimum absolute atomic E-state index is 0.613. The van der Waals surface area contributed by atoms with E-state index in [1.807, 2.05) is 6.92 Å². The molecule has 58 valence electrons. The van der Waals surface area contributed by atoms with Gasteiger partial charge in [0.1, 0.15) is 0 Å². The first-order valence-corrected chi connectivity index (χ1v) is 4.01. The zero-order chi connectivity index (χ0) is 7.56. The second kappa shape index (κ2) is 3.04. The molecule has 2 heteroatoms. The molecule has 0 saturated carbocycles. The third-order valence-corrected chi connectivity index (χ3v) is 2.23. The van der Waals surface area contributed by atoms with E-state index in [0.717, 1.165) is 18.3 Å². The van der Waals surface area contributed by atoms with Gasteiger partial charge in [-0.25, -0.2) is 0 Å². The van der Waals surface area contributed by atoms with E-state index in [9.17, 15) is 0 Å². The van der Waals surface area contributed by atoms with E-state index in [1.165, 1.54) is 6.42 Å². The number of hydrogen-bond donors (Lipinski definition) is 1. The fourth-order valence-corrected chi connectivity index (χ4v) is 1.39. The van der Waals surface area contributed by atoms with Crippen molar-refractivity contribution < 1.29 is 0 Å². The predicted molar refractivity (Wildman–Crippen MR) is 44.4 cm³/mol. The number of rotatable bonds is 1. The molecule has 0 radical (unpaired) electrons. The summed E-state index contributed by atoms with van der Waals surface area (Å²) in [6, 6.07) is 0.613. The molecule has 10 heavy (non-hydrogen) atoms. The van der Waals surface area contributed by atoms with Gasteiger partial charge in [0.15, 0.2) is 0 Å². The van der Waals surface area contributed by atoms with Crippen LogP contribution in [0.2, 0.25) is 0 Å². The number of nitrogens with one attached hydrogen (secondary N) is 1. The first-order valence-electron chi connectivity index (χ1n) is 4.01. The Kier molecular flexibility index (Phi) is 2.30. The molecule has 0 saturated heterocycles. The average molecular weight is 140 g/mol. The highest BCUT2D eigenvalue weighted by atomic mass is 15.0. The third kappa shape index (κ3) is 1.49. The van der Waals surface area contributed by atoms with Crippen LogP contribution in [-0.2, 0) is 0 Å². The van der Waals surface area contributed by atoms with Crippen LogP contribution in [0.5, 0.6) is 0 Å². The summed E-state index contributed by atoms with van der Waals surface area (Å²) in [6.07, 6.45) is 1.23. The van der Waals surface area contributed by atoms with Gasteiger partial charge in [-0.15, -0.1) is 0 Å². The summed E-state index contributed by atoms with van der Waals surface area (Å²) >= 11 is 0. The van der Waals surface area contributed by atoms with Crippen LogP contribution in [0.4, 0.5) is 0 Å². The molecule has 1 aliphatic heterocycles. The first kappa shape index (κ1) is 7.58. The fourth-order valence-electron chi connectivity index (χ4n) is 1.39. The van der Waals surface area contributed by atoms with Gasteiger partial charge in [0, 0.05) is 12.6 Å². The standard InChI is InChI=1S/C8H16N2/c1-4-8-5-9-7(3)10-6(8)2/h6,8H,4-5H2,1-3H3,(H,9,10)/t6-,8-/m1/s1. The fraction of sp³-hybridized carbons (Fsp3) is 0.875. The maximum Gasteiger partial charge on any atom is 0.0933 e. The normalized spacial score (nSPS) is 32.9. The molecule has 0 unspecified atom stereocenters. The van der Waals surface area contributed by atoms with E-state index >= 15 is 0 Å². The molecule has 0 fully saturated rings. The van der Waals surface area contributed by atoms with Gasteiger partial charge < -0.3 is 5.32 Å². The highest BCUT2D eigenvalue weighted by Crippen LogP contribution is 2.12. The van der Waals surface area contributed by atoms with Crippen molar-refractivity contribution in [3.63, 3.8) is 0 Å². The van der Waals surface area contributed by atoms with Gasteiger partial charge in [-0.3, -0.25) is 4.99 Å². The lowest BCUT2D eigenvalue weighted by Gasteiger charge is -2.27. The van der Waals surface area contributed by atoms with Gasteiger partial charge in [-0.05, 0) is 26.2 Å². The van der Waals surface area contributed by atoms with E-state index in [2.05, 4.69) is 24.2 Å². The van der Waals surface area contributed by atoms with Gasteiger partial charge in [0.2, 0.25) is 0 Å². The predicted octanol–water partition coefficient (Wildman–Crippen LogP) is 1.42. The molecule has 0 aliphatic carbocycles. The van der Waals surface area contributed by atoms with Gasteiger partial charge in [0.05, 0.1) is 5.84 Å². The van der Waals surface area contributed by atoms with Crippen LogP contribution >= 0.6 is 0 Å². The molecule has 1 aliphatic rings. The Bertz CT molecular complexity index is 140. The van der Waals surface area contributed by atoms with Crippen molar-refractivity contribution in [3.8, 4) is 0 Å². The summed E-state index contributed by atoms with van der Waals surface area (Å²) in [6.45, 7) is 7.49. The Balaban J connectivity index is 2.52. The maximum atomic E-state index is 4.34. The number of aliphatic imine (C=N–C) groups is 1. The largest absolute Gasteiger partial charge is 0.371 e. The van der Waals surface area contributed by atoms with Gasteiger partial charge in [-0.1, -0.05) is 6.92 Å². The summed E-state index contributed by atoms with van der Waals surface area (Å²) in [5.41, 5.74) is 0. The molecule has 0 amide bonds. The van der Waals surface area contributed by atoms with Crippen LogP contribution in [0.15, 0.2) is 4.99 Å². The molecule has 1 N–H and O–H groups in total. The second-order valence-electron chi connectivity index (χ2n) is 3.03. The first-order chi connectivity index (χ1) is 4.74. The summed E-state index contributed by atoms with van der Waals surface area (Å²) in [5.74, 6) is 1.83. The molecule has 2 atom stereocenters. The Hall–Kier alpha value is -0.530. The minimum atomic E-state index is 0.613. The number of amidine groups is 1. The molecular weight excluding hydrogens is 124 g/mol. The van der Waals surface area contributed by atoms with Crippen molar-refractivity contribution >= 4 is 5.84 Å². The van der Waals surface area contributed by atoms with E-state index in [4.69, 9.17) is 0 Å². The monoisotopic (exact) mass is 140 g/mol. The quantitative estimate of drug-likeness (QED) is 0.585. The van der Waals surface area contributed by atoms with E-state index in [0.29, 0.717) is 6.04 Å². The lowest BCUT2D eigenvalue weighted by atomic mass is 9.97. The maximum absolute atomic E-state index is 4.34. The Labute approximate surface area is 62.7 Å². The van der Waals surface area contributed by atoms with Crippen LogP contribution in [0.25, 0.3) is 0 Å². The molecule has 2 nitrogen and oxygen atoms in total. The zero-order valence-electron chi connectivity index (χ0n) is 7.02. The van der Waals surface area contributed by atoms with Crippen molar-refractivity contribution in [2.24, 2.45) is 10.9 Å². The molecule has 1 heterocycles. The SMILES string of the molecule is CC[C@@H]1CN=C(C)N[C@@H]1C. The zero-order valence-corrected chi connectivity index (χ0v) is 7.02. The third-order valence-electron chi connectivity index (χ3n) is 2.23. The topological polar surface area (TPSA) is 24.4 Å². The number of nitrogens with zero attached hydrogens (tertiary/aromatic N) is 1. The second-order valence-corrected chi connectivity index (χ2v) is 3.03. The van der Waals surface area contributed by atoms with Gasteiger partial charge in [0.25, 0.3) is 0 Å². The van der Waals surface area contributed by atoms with Crippen molar-refractivity contribution in [1.82, 2.24) is 5.32 Å². The lowest BCUT2D eigenvalue weighted by Crippen LogP contribution is -2.41. The molecule has 0 bridgehead atoms. The van der Waals surface area contributed by atoms with E-state index < -0.39 is 0 Å². The molecular formula is C8H16N2. The Morgan fingerprint density at radius 1 is 1.70 bits per heavy atom. The van der Waals surface area contributed by atoms with Crippen LogP contribution in [0.1, 0.15) is 27.2 Å². The van der Waals surface area contributed by atoms with Crippen LogP contribution in [-0.4, -0.2) is 18.4 Å². The van der Waals surface area contributed by atoms with Crippen LogP contribution in [0.3, 0.4) is 0 Å². The van der Waals surface area contributed by atoms with Gasteiger partial charge >= 0.3 is 0 Å². The molecule has 0 aromatic rings. The molecule has 0 aromatic heterocycles. The summed E-state index contributed by atoms with van der Waals surface area (Å²) in [4.78, 5) is 4.34. The highest BCUT2D eigenvalue weighted by molar-refractivity contribution is 5.80. The molecule has 0 spiro atoms. The van der Waals surface area contributed by atoms with Crippen molar-refractivity contribution in [1.29, 1.82) is 0 Å². The summed E-state index contributed by atoms with van der Waals surface area (Å²) in [5, 5.41) is 3.33. The summed E-state index contributed by atoms with van der Waals surface area (Å²) < 4.78 is 0. The van der Waals surface area contributed by atoms with Crippen LogP contribution in [0, 0.1) is 5.92 Å². The lowest BCUT2D eigenvalue weighted by molar-refractivity contribution is 0.394. The van der Waals surface area contributed by atoms with Crippen molar-refractivity contribution in [3.05, 3.63) is 0 Å². The Morgan fingerprint density at radius 2 is 2.40 bits per heavy atom. The summed E-state index contributed by atoms with van der Waals surface area (Å²) in [7, 11) is 0. The van der Waals surface area contributed by atoms with E-state index in [1.54, 1.807) is 0 Å². The number of hydrogen-bond acceptors (Lipinski definition) is 2.